The first kappa shape index (κ1) is 11.3. The highest BCUT2D eigenvalue weighted by atomic mass is 35.5. The molecular formula is C12H20ClNO. The number of amides is 1. The summed E-state index contributed by atoms with van der Waals surface area (Å²) in [5.41, 5.74) is 0. The lowest BCUT2D eigenvalue weighted by molar-refractivity contribution is -0.125. The van der Waals surface area contributed by atoms with Crippen LogP contribution in [0.5, 0.6) is 0 Å². The van der Waals surface area contributed by atoms with Gasteiger partial charge in [-0.15, -0.1) is 11.6 Å². The van der Waals surface area contributed by atoms with Gasteiger partial charge in [-0.25, -0.2) is 0 Å². The minimum Gasteiger partial charge on any atom is -0.353 e. The zero-order valence-electron chi connectivity index (χ0n) is 9.18. The number of carbonyl (C=O) groups excluding carboxylic acids is 1. The van der Waals surface area contributed by atoms with Gasteiger partial charge in [-0.05, 0) is 38.5 Å². The number of carbonyl (C=O) groups is 1. The standard InChI is InChI=1S/C12H20ClNO/c13-10-5-7-11(8-6-10)14-12(15)9-3-1-2-4-9/h9-11H,1-8H2,(H,14,15). The molecule has 15 heavy (non-hydrogen) atoms. The van der Waals surface area contributed by atoms with Crippen LogP contribution in [0.3, 0.4) is 0 Å². The van der Waals surface area contributed by atoms with E-state index in [-0.39, 0.29) is 0 Å². The predicted molar refractivity (Wildman–Crippen MR) is 62.0 cm³/mol. The fourth-order valence-corrected chi connectivity index (χ4v) is 2.96. The van der Waals surface area contributed by atoms with Crippen molar-refractivity contribution in [1.82, 2.24) is 5.32 Å². The maximum absolute atomic E-state index is 11.9. The quantitative estimate of drug-likeness (QED) is 0.725. The first-order valence-corrected chi connectivity index (χ1v) is 6.64. The van der Waals surface area contributed by atoms with Gasteiger partial charge in [0.2, 0.25) is 5.91 Å². The second kappa shape index (κ2) is 5.20. The van der Waals surface area contributed by atoms with Gasteiger partial charge in [0.05, 0.1) is 0 Å². The van der Waals surface area contributed by atoms with Crippen LogP contribution in [0, 0.1) is 5.92 Å². The summed E-state index contributed by atoms with van der Waals surface area (Å²) in [5.74, 6) is 0.601. The molecular weight excluding hydrogens is 210 g/mol. The SMILES string of the molecule is O=C(NC1CCC(Cl)CC1)C1CCCC1. The van der Waals surface area contributed by atoms with E-state index in [1.807, 2.05) is 0 Å². The van der Waals surface area contributed by atoms with Crippen LogP contribution >= 0.6 is 11.6 Å². The van der Waals surface area contributed by atoms with Gasteiger partial charge in [0, 0.05) is 17.3 Å². The van der Waals surface area contributed by atoms with E-state index in [4.69, 9.17) is 11.6 Å². The Hall–Kier alpha value is -0.240. The van der Waals surface area contributed by atoms with E-state index in [1.54, 1.807) is 0 Å². The topological polar surface area (TPSA) is 29.1 Å². The average Bonchev–Trinajstić information content (AvgIpc) is 2.74. The van der Waals surface area contributed by atoms with E-state index in [1.165, 1.54) is 12.8 Å². The maximum Gasteiger partial charge on any atom is 0.223 e. The number of hydrogen-bond acceptors (Lipinski definition) is 1. The molecule has 0 unspecified atom stereocenters. The first-order valence-electron chi connectivity index (χ1n) is 6.20. The summed E-state index contributed by atoms with van der Waals surface area (Å²) >= 11 is 6.03. The summed E-state index contributed by atoms with van der Waals surface area (Å²) in [5, 5.41) is 3.52. The molecule has 2 nitrogen and oxygen atoms in total. The van der Waals surface area contributed by atoms with Crippen molar-refractivity contribution in [2.75, 3.05) is 0 Å². The van der Waals surface area contributed by atoms with Crippen molar-refractivity contribution in [2.24, 2.45) is 5.92 Å². The highest BCUT2D eigenvalue weighted by Gasteiger charge is 2.26. The lowest BCUT2D eigenvalue weighted by atomic mass is 9.94. The molecule has 0 bridgehead atoms. The third-order valence-electron chi connectivity index (χ3n) is 3.73. The average molecular weight is 230 g/mol. The predicted octanol–water partition coefficient (Wildman–Crippen LogP) is 2.84. The second-order valence-electron chi connectivity index (χ2n) is 4.94. The Morgan fingerprint density at radius 3 is 2.20 bits per heavy atom. The van der Waals surface area contributed by atoms with E-state index in [0.717, 1.165) is 38.5 Å². The van der Waals surface area contributed by atoms with Gasteiger partial charge in [0.15, 0.2) is 0 Å². The van der Waals surface area contributed by atoms with Crippen LogP contribution < -0.4 is 5.32 Å². The molecule has 2 fully saturated rings. The van der Waals surface area contributed by atoms with Crippen molar-refractivity contribution < 1.29 is 4.79 Å². The molecule has 0 aromatic rings. The molecule has 0 aliphatic heterocycles. The third-order valence-corrected chi connectivity index (χ3v) is 4.17. The van der Waals surface area contributed by atoms with Gasteiger partial charge in [-0.1, -0.05) is 12.8 Å². The minimum absolute atomic E-state index is 0.297. The van der Waals surface area contributed by atoms with Crippen LogP contribution in [0.1, 0.15) is 51.4 Å². The van der Waals surface area contributed by atoms with Crippen molar-refractivity contribution in [3.05, 3.63) is 0 Å². The zero-order chi connectivity index (χ0) is 10.7. The Balaban J connectivity index is 1.74. The highest BCUT2D eigenvalue weighted by molar-refractivity contribution is 6.20. The third kappa shape index (κ3) is 3.10. The maximum atomic E-state index is 11.9. The molecule has 0 spiro atoms. The molecule has 3 heteroatoms. The largest absolute Gasteiger partial charge is 0.353 e. The van der Waals surface area contributed by atoms with Crippen LogP contribution in [-0.4, -0.2) is 17.3 Å². The molecule has 2 rings (SSSR count). The van der Waals surface area contributed by atoms with Gasteiger partial charge in [0.25, 0.3) is 0 Å². The summed E-state index contributed by atoms with van der Waals surface area (Å²) in [6, 6.07) is 0.396. The Morgan fingerprint density at radius 2 is 1.60 bits per heavy atom. The summed E-state index contributed by atoms with van der Waals surface area (Å²) in [4.78, 5) is 11.9. The lowest BCUT2D eigenvalue weighted by Gasteiger charge is -2.26. The summed E-state index contributed by atoms with van der Waals surface area (Å²) in [7, 11) is 0. The van der Waals surface area contributed by atoms with E-state index in [9.17, 15) is 4.79 Å². The second-order valence-corrected chi connectivity index (χ2v) is 5.56. The van der Waals surface area contributed by atoms with E-state index < -0.39 is 0 Å². The highest BCUT2D eigenvalue weighted by Crippen LogP contribution is 2.27. The summed E-state index contributed by atoms with van der Waals surface area (Å²) in [6.07, 6.45) is 8.87. The number of rotatable bonds is 2. The number of hydrogen-bond donors (Lipinski definition) is 1. The van der Waals surface area contributed by atoms with Crippen LogP contribution in [-0.2, 0) is 4.79 Å². The van der Waals surface area contributed by atoms with Gasteiger partial charge in [-0.2, -0.15) is 0 Å². The smallest absolute Gasteiger partial charge is 0.223 e. The molecule has 1 amide bonds. The van der Waals surface area contributed by atoms with Crippen molar-refractivity contribution in [2.45, 2.75) is 62.8 Å². The first-order chi connectivity index (χ1) is 7.25. The molecule has 2 aliphatic carbocycles. The van der Waals surface area contributed by atoms with Crippen molar-refractivity contribution in [1.29, 1.82) is 0 Å². The zero-order valence-corrected chi connectivity index (χ0v) is 9.93. The van der Waals surface area contributed by atoms with E-state index in [0.29, 0.717) is 23.2 Å². The molecule has 0 radical (unpaired) electrons. The normalized spacial score (nSPS) is 32.9. The Kier molecular flexibility index (Phi) is 3.90. The number of halogens is 1. The molecule has 2 saturated carbocycles. The number of alkyl halides is 1. The molecule has 0 atom stereocenters. The van der Waals surface area contributed by atoms with Gasteiger partial charge < -0.3 is 5.32 Å². The lowest BCUT2D eigenvalue weighted by Crippen LogP contribution is -2.40. The van der Waals surface area contributed by atoms with Crippen LogP contribution in [0.15, 0.2) is 0 Å². The molecule has 1 N–H and O–H groups in total. The summed E-state index contributed by atoms with van der Waals surface area (Å²) in [6.45, 7) is 0. The number of nitrogens with one attached hydrogen (secondary N) is 1. The van der Waals surface area contributed by atoms with Crippen LogP contribution in [0.2, 0.25) is 0 Å². The molecule has 2 aliphatic rings. The molecule has 0 aromatic carbocycles. The minimum atomic E-state index is 0.297. The Bertz CT molecular complexity index is 218. The van der Waals surface area contributed by atoms with Gasteiger partial charge in [-0.3, -0.25) is 4.79 Å². The van der Waals surface area contributed by atoms with Gasteiger partial charge in [0.1, 0.15) is 0 Å². The molecule has 0 aromatic heterocycles. The van der Waals surface area contributed by atoms with Crippen molar-refractivity contribution in [3.8, 4) is 0 Å². The van der Waals surface area contributed by atoms with E-state index >= 15 is 0 Å². The fourth-order valence-electron chi connectivity index (χ4n) is 2.70. The molecule has 0 heterocycles. The Labute approximate surface area is 96.8 Å². The Morgan fingerprint density at radius 1 is 1.00 bits per heavy atom. The van der Waals surface area contributed by atoms with Crippen molar-refractivity contribution >= 4 is 17.5 Å². The molecule has 86 valence electrons. The van der Waals surface area contributed by atoms with Crippen molar-refractivity contribution in [3.63, 3.8) is 0 Å². The van der Waals surface area contributed by atoms with E-state index in [2.05, 4.69) is 5.32 Å². The van der Waals surface area contributed by atoms with Crippen LogP contribution in [0.25, 0.3) is 0 Å². The monoisotopic (exact) mass is 229 g/mol. The van der Waals surface area contributed by atoms with Gasteiger partial charge >= 0.3 is 0 Å². The summed E-state index contributed by atoms with van der Waals surface area (Å²) < 4.78 is 0. The van der Waals surface area contributed by atoms with Crippen LogP contribution in [0.4, 0.5) is 0 Å². The fraction of sp³-hybridized carbons (Fsp3) is 0.917. The molecule has 0 saturated heterocycles.